The van der Waals surface area contributed by atoms with Gasteiger partial charge in [0.15, 0.2) is 9.84 Å². The van der Waals surface area contributed by atoms with E-state index in [0.29, 0.717) is 18.0 Å². The van der Waals surface area contributed by atoms with Crippen LogP contribution in [0.15, 0.2) is 29.2 Å². The van der Waals surface area contributed by atoms with Crippen LogP contribution in [0.3, 0.4) is 0 Å². The van der Waals surface area contributed by atoms with Crippen molar-refractivity contribution in [3.05, 3.63) is 29.8 Å². The van der Waals surface area contributed by atoms with Crippen LogP contribution < -0.4 is 5.32 Å². The van der Waals surface area contributed by atoms with Crippen LogP contribution in [-0.2, 0) is 21.1 Å². The first-order chi connectivity index (χ1) is 8.80. The van der Waals surface area contributed by atoms with E-state index in [4.69, 9.17) is 0 Å². The Hall–Kier alpha value is -1.36. The second-order valence-electron chi connectivity index (χ2n) is 5.09. The van der Waals surface area contributed by atoms with E-state index in [1.54, 1.807) is 18.2 Å². The van der Waals surface area contributed by atoms with Crippen molar-refractivity contribution in [2.24, 2.45) is 5.92 Å². The molecule has 0 spiro atoms. The molecule has 0 fully saturated rings. The number of hydrogen-bond acceptors (Lipinski definition) is 3. The number of nitrogens with one attached hydrogen (secondary N) is 1. The molecule has 4 nitrogen and oxygen atoms in total. The second-order valence-corrected chi connectivity index (χ2v) is 7.07. The van der Waals surface area contributed by atoms with Gasteiger partial charge >= 0.3 is 0 Å². The van der Waals surface area contributed by atoms with Crippen LogP contribution in [-0.4, -0.2) is 27.1 Å². The van der Waals surface area contributed by atoms with Gasteiger partial charge in [-0.3, -0.25) is 4.79 Å². The molecule has 0 radical (unpaired) electrons. The van der Waals surface area contributed by atoms with Gasteiger partial charge in [-0.25, -0.2) is 8.42 Å². The van der Waals surface area contributed by atoms with Gasteiger partial charge in [-0.15, -0.1) is 0 Å². The van der Waals surface area contributed by atoms with E-state index in [9.17, 15) is 13.2 Å². The van der Waals surface area contributed by atoms with Gasteiger partial charge in [-0.2, -0.15) is 0 Å². The Morgan fingerprint density at radius 3 is 2.47 bits per heavy atom. The van der Waals surface area contributed by atoms with E-state index in [1.165, 1.54) is 6.07 Å². The molecule has 0 aliphatic heterocycles. The first-order valence-corrected chi connectivity index (χ1v) is 8.24. The molecule has 0 aliphatic rings. The lowest BCUT2D eigenvalue weighted by Gasteiger charge is -2.09. The molecule has 5 heteroatoms. The van der Waals surface area contributed by atoms with Crippen LogP contribution in [0.4, 0.5) is 0 Å². The van der Waals surface area contributed by atoms with Crippen molar-refractivity contribution in [2.45, 2.75) is 31.6 Å². The largest absolute Gasteiger partial charge is 0.356 e. The number of amides is 1. The maximum Gasteiger partial charge on any atom is 0.224 e. The van der Waals surface area contributed by atoms with Crippen molar-refractivity contribution in [2.75, 3.05) is 12.8 Å². The highest BCUT2D eigenvalue weighted by atomic mass is 32.2. The van der Waals surface area contributed by atoms with Gasteiger partial charge in [0.2, 0.25) is 5.91 Å². The molecule has 0 saturated carbocycles. The van der Waals surface area contributed by atoms with E-state index >= 15 is 0 Å². The molecule has 19 heavy (non-hydrogen) atoms. The Labute approximate surface area is 115 Å². The third-order valence-electron chi connectivity index (χ3n) is 2.77. The molecular weight excluding hydrogens is 262 g/mol. The average Bonchev–Trinajstić information content (AvgIpc) is 2.27. The summed E-state index contributed by atoms with van der Waals surface area (Å²) >= 11 is 0. The Bertz CT molecular complexity index is 535. The molecule has 0 aromatic heterocycles. The highest BCUT2D eigenvalue weighted by Crippen LogP contribution is 2.15. The van der Waals surface area contributed by atoms with Crippen LogP contribution in [0.25, 0.3) is 0 Å². The molecule has 1 N–H and O–H groups in total. The van der Waals surface area contributed by atoms with Crippen molar-refractivity contribution < 1.29 is 13.2 Å². The van der Waals surface area contributed by atoms with Gasteiger partial charge in [-0.1, -0.05) is 32.0 Å². The van der Waals surface area contributed by atoms with Crippen molar-refractivity contribution in [1.82, 2.24) is 5.32 Å². The summed E-state index contributed by atoms with van der Waals surface area (Å²) in [6.07, 6.45) is 2.17. The highest BCUT2D eigenvalue weighted by molar-refractivity contribution is 7.90. The minimum Gasteiger partial charge on any atom is -0.356 e. The maximum absolute atomic E-state index is 11.8. The molecule has 0 heterocycles. The molecule has 1 aromatic rings. The smallest absolute Gasteiger partial charge is 0.224 e. The van der Waals surface area contributed by atoms with Crippen molar-refractivity contribution >= 4 is 15.7 Å². The van der Waals surface area contributed by atoms with Gasteiger partial charge < -0.3 is 5.32 Å². The van der Waals surface area contributed by atoms with Crippen molar-refractivity contribution in [3.63, 3.8) is 0 Å². The number of sulfone groups is 1. The third-order valence-corrected chi connectivity index (χ3v) is 3.96. The summed E-state index contributed by atoms with van der Waals surface area (Å²) in [6.45, 7) is 4.80. The first kappa shape index (κ1) is 15.7. The first-order valence-electron chi connectivity index (χ1n) is 6.35. The predicted octanol–water partition coefficient (Wildman–Crippen LogP) is 1.79. The van der Waals surface area contributed by atoms with Gasteiger partial charge in [0.05, 0.1) is 11.3 Å². The zero-order valence-electron chi connectivity index (χ0n) is 11.6. The zero-order chi connectivity index (χ0) is 14.5. The van der Waals surface area contributed by atoms with E-state index in [2.05, 4.69) is 19.2 Å². The Morgan fingerprint density at radius 1 is 1.26 bits per heavy atom. The standard InChI is InChI=1S/C14H21NO3S/c1-11(2)8-9-15-14(16)10-12-6-4-5-7-13(12)19(3,17)18/h4-7,11H,8-10H2,1-3H3,(H,15,16). The third kappa shape index (κ3) is 5.42. The highest BCUT2D eigenvalue weighted by Gasteiger charge is 2.14. The monoisotopic (exact) mass is 283 g/mol. The molecule has 1 aromatic carbocycles. The molecule has 0 aliphatic carbocycles. The number of hydrogen-bond donors (Lipinski definition) is 1. The summed E-state index contributed by atoms with van der Waals surface area (Å²) < 4.78 is 23.2. The molecule has 0 bridgehead atoms. The predicted molar refractivity (Wildman–Crippen MR) is 75.7 cm³/mol. The molecule has 106 valence electrons. The summed E-state index contributed by atoms with van der Waals surface area (Å²) in [7, 11) is -3.29. The Balaban J connectivity index is 2.70. The summed E-state index contributed by atoms with van der Waals surface area (Å²) in [5.41, 5.74) is 0.548. The quantitative estimate of drug-likeness (QED) is 0.866. The summed E-state index contributed by atoms with van der Waals surface area (Å²) in [6, 6.07) is 6.62. The second kappa shape index (κ2) is 6.70. The summed E-state index contributed by atoms with van der Waals surface area (Å²) in [5, 5.41) is 2.81. The number of carbonyl (C=O) groups is 1. The van der Waals surface area contributed by atoms with Crippen LogP contribution in [0.1, 0.15) is 25.8 Å². The lowest BCUT2D eigenvalue weighted by atomic mass is 10.1. The fourth-order valence-corrected chi connectivity index (χ4v) is 2.69. The normalized spacial score (nSPS) is 11.6. The summed E-state index contributed by atoms with van der Waals surface area (Å²) in [4.78, 5) is 12.0. The molecule has 0 unspecified atom stereocenters. The number of benzene rings is 1. The molecular formula is C14H21NO3S. The molecule has 1 amide bonds. The fraction of sp³-hybridized carbons (Fsp3) is 0.500. The average molecular weight is 283 g/mol. The fourth-order valence-electron chi connectivity index (χ4n) is 1.75. The van der Waals surface area contributed by atoms with Crippen LogP contribution in [0.2, 0.25) is 0 Å². The minimum atomic E-state index is -3.29. The lowest BCUT2D eigenvalue weighted by molar-refractivity contribution is -0.120. The summed E-state index contributed by atoms with van der Waals surface area (Å²) in [5.74, 6) is 0.389. The Kier molecular flexibility index (Phi) is 5.54. The van der Waals surface area contributed by atoms with Crippen molar-refractivity contribution in [3.8, 4) is 0 Å². The topological polar surface area (TPSA) is 63.2 Å². The van der Waals surface area contributed by atoms with Crippen LogP contribution >= 0.6 is 0 Å². The molecule has 0 atom stereocenters. The molecule has 0 saturated heterocycles. The van der Waals surface area contributed by atoms with E-state index in [0.717, 1.165) is 12.7 Å². The Morgan fingerprint density at radius 2 is 1.89 bits per heavy atom. The van der Waals surface area contributed by atoms with Gasteiger partial charge in [0.25, 0.3) is 0 Å². The maximum atomic E-state index is 11.8. The van der Waals surface area contributed by atoms with Gasteiger partial charge in [0.1, 0.15) is 0 Å². The lowest BCUT2D eigenvalue weighted by Crippen LogP contribution is -2.27. The number of carbonyl (C=O) groups excluding carboxylic acids is 1. The molecule has 1 rings (SSSR count). The van der Waals surface area contributed by atoms with E-state index in [1.807, 2.05) is 0 Å². The van der Waals surface area contributed by atoms with E-state index < -0.39 is 9.84 Å². The van der Waals surface area contributed by atoms with Gasteiger partial charge in [-0.05, 0) is 24.0 Å². The number of rotatable bonds is 6. The minimum absolute atomic E-state index is 0.0986. The van der Waals surface area contributed by atoms with Gasteiger partial charge in [0, 0.05) is 12.8 Å². The van der Waals surface area contributed by atoms with Crippen molar-refractivity contribution in [1.29, 1.82) is 0 Å². The zero-order valence-corrected chi connectivity index (χ0v) is 12.5. The van der Waals surface area contributed by atoms with Crippen LogP contribution in [0, 0.1) is 5.92 Å². The van der Waals surface area contributed by atoms with E-state index in [-0.39, 0.29) is 17.2 Å². The SMILES string of the molecule is CC(C)CCNC(=O)Cc1ccccc1S(C)(=O)=O. The van der Waals surface area contributed by atoms with Crippen LogP contribution in [0.5, 0.6) is 0 Å².